The molecule has 2 heteroatoms. The number of aryl methyl sites for hydroxylation is 1. The maximum atomic E-state index is 5.23. The molecule has 0 saturated carbocycles. The molecule has 0 unspecified atom stereocenters. The van der Waals surface area contributed by atoms with Gasteiger partial charge in [-0.2, -0.15) is 0 Å². The molecule has 2 aromatic carbocycles. The second-order valence-electron chi connectivity index (χ2n) is 4.94. The zero-order valence-electron chi connectivity index (χ0n) is 12.2. The number of pyridine rings is 1. The van der Waals surface area contributed by atoms with Crippen LogP contribution >= 0.6 is 0 Å². The number of hydrogen-bond donors (Lipinski definition) is 0. The molecule has 104 valence electrons. The van der Waals surface area contributed by atoms with E-state index in [1.807, 2.05) is 30.5 Å². The van der Waals surface area contributed by atoms with E-state index in [1.165, 1.54) is 22.3 Å². The Morgan fingerprint density at radius 2 is 1.67 bits per heavy atom. The number of benzene rings is 2. The largest absolute Gasteiger partial charge is 0.497 e. The van der Waals surface area contributed by atoms with Crippen LogP contribution in [0.5, 0.6) is 5.75 Å². The number of aromatic nitrogens is 1. The van der Waals surface area contributed by atoms with Gasteiger partial charge in [0.05, 0.1) is 12.8 Å². The summed E-state index contributed by atoms with van der Waals surface area (Å²) in [5.41, 5.74) is 5.77. The lowest BCUT2D eigenvalue weighted by molar-refractivity contribution is 0.415. The van der Waals surface area contributed by atoms with Gasteiger partial charge in [-0.15, -0.1) is 0 Å². The third kappa shape index (κ3) is 2.65. The number of nitrogens with zero attached hydrogens (tertiary/aromatic N) is 1. The number of ether oxygens (including phenoxy) is 1. The molecule has 0 aliphatic heterocycles. The Morgan fingerprint density at radius 1 is 0.857 bits per heavy atom. The minimum atomic E-state index is 0.866. The van der Waals surface area contributed by atoms with Crippen LogP contribution in [0, 0.1) is 6.92 Å². The van der Waals surface area contributed by atoms with Gasteiger partial charge in [0, 0.05) is 11.8 Å². The van der Waals surface area contributed by atoms with E-state index >= 15 is 0 Å². The molecule has 3 rings (SSSR count). The normalized spacial score (nSPS) is 10.4. The summed E-state index contributed by atoms with van der Waals surface area (Å²) >= 11 is 0. The lowest BCUT2D eigenvalue weighted by atomic mass is 9.93. The highest BCUT2D eigenvalue weighted by Crippen LogP contribution is 2.34. The highest BCUT2D eigenvalue weighted by Gasteiger charge is 2.10. The molecule has 1 heterocycles. The summed E-state index contributed by atoms with van der Waals surface area (Å²) in [6.07, 6.45) is 1.83. The van der Waals surface area contributed by atoms with Crippen molar-refractivity contribution in [3.63, 3.8) is 0 Å². The second kappa shape index (κ2) is 5.80. The molecule has 0 saturated heterocycles. The molecule has 0 amide bonds. The summed E-state index contributed by atoms with van der Waals surface area (Å²) in [6.45, 7) is 2.12. The van der Waals surface area contributed by atoms with Crippen molar-refractivity contribution in [2.45, 2.75) is 6.92 Å². The summed E-state index contributed by atoms with van der Waals surface area (Å²) in [5.74, 6) is 0.866. The first-order valence-electron chi connectivity index (χ1n) is 6.95. The Kier molecular flexibility index (Phi) is 3.69. The molecule has 0 aliphatic carbocycles. The summed E-state index contributed by atoms with van der Waals surface area (Å²) in [4.78, 5) is 4.51. The van der Waals surface area contributed by atoms with E-state index in [0.717, 1.165) is 11.4 Å². The van der Waals surface area contributed by atoms with Gasteiger partial charge in [-0.1, -0.05) is 36.4 Å². The second-order valence-corrected chi connectivity index (χ2v) is 4.94. The molecular formula is C19H17NO. The van der Waals surface area contributed by atoms with Gasteiger partial charge in [-0.3, -0.25) is 4.98 Å². The molecule has 0 bridgehead atoms. The Labute approximate surface area is 125 Å². The smallest absolute Gasteiger partial charge is 0.118 e. The highest BCUT2D eigenvalue weighted by molar-refractivity contribution is 5.84. The van der Waals surface area contributed by atoms with Crippen LogP contribution in [0.4, 0.5) is 0 Å². The van der Waals surface area contributed by atoms with Gasteiger partial charge in [0.2, 0.25) is 0 Å². The fourth-order valence-electron chi connectivity index (χ4n) is 2.53. The van der Waals surface area contributed by atoms with Crippen LogP contribution in [0.15, 0.2) is 66.9 Å². The number of methoxy groups -OCH3 is 1. The number of rotatable bonds is 3. The minimum Gasteiger partial charge on any atom is -0.497 e. The van der Waals surface area contributed by atoms with Crippen LogP contribution < -0.4 is 4.74 Å². The van der Waals surface area contributed by atoms with Crippen molar-refractivity contribution in [3.8, 4) is 28.1 Å². The first-order chi connectivity index (χ1) is 10.3. The van der Waals surface area contributed by atoms with Gasteiger partial charge in [0.15, 0.2) is 0 Å². The van der Waals surface area contributed by atoms with Gasteiger partial charge < -0.3 is 4.74 Å². The zero-order valence-corrected chi connectivity index (χ0v) is 12.2. The van der Waals surface area contributed by atoms with Crippen LogP contribution in [0.2, 0.25) is 0 Å². The van der Waals surface area contributed by atoms with Crippen molar-refractivity contribution in [1.82, 2.24) is 4.98 Å². The molecule has 0 atom stereocenters. The molecule has 0 spiro atoms. The van der Waals surface area contributed by atoms with Crippen LogP contribution in [-0.4, -0.2) is 12.1 Å². The summed E-state index contributed by atoms with van der Waals surface area (Å²) in [6, 6.07) is 20.5. The third-order valence-corrected chi connectivity index (χ3v) is 3.59. The maximum absolute atomic E-state index is 5.23. The molecule has 0 radical (unpaired) electrons. The van der Waals surface area contributed by atoms with E-state index in [-0.39, 0.29) is 0 Å². The monoisotopic (exact) mass is 275 g/mol. The molecule has 2 nitrogen and oxygen atoms in total. The first kappa shape index (κ1) is 13.4. The van der Waals surface area contributed by atoms with Gasteiger partial charge in [-0.05, 0) is 47.9 Å². The van der Waals surface area contributed by atoms with Crippen LogP contribution in [0.25, 0.3) is 22.4 Å². The van der Waals surface area contributed by atoms with Crippen molar-refractivity contribution in [3.05, 3.63) is 72.4 Å². The van der Waals surface area contributed by atoms with Gasteiger partial charge in [0.1, 0.15) is 5.75 Å². The minimum absolute atomic E-state index is 0.866. The fraction of sp³-hybridized carbons (Fsp3) is 0.105. The average molecular weight is 275 g/mol. The fourth-order valence-corrected chi connectivity index (χ4v) is 2.53. The number of hydrogen-bond acceptors (Lipinski definition) is 2. The van der Waals surface area contributed by atoms with E-state index in [0.29, 0.717) is 0 Å². The predicted octanol–water partition coefficient (Wildman–Crippen LogP) is 4.73. The van der Waals surface area contributed by atoms with Gasteiger partial charge in [0.25, 0.3) is 0 Å². The van der Waals surface area contributed by atoms with Crippen molar-refractivity contribution in [2.75, 3.05) is 7.11 Å². The Bertz CT molecular complexity index is 733. The molecule has 21 heavy (non-hydrogen) atoms. The lowest BCUT2D eigenvalue weighted by Gasteiger charge is -2.13. The van der Waals surface area contributed by atoms with Crippen LogP contribution in [0.3, 0.4) is 0 Å². The SMILES string of the molecule is COc1ccc(-c2cccc(C)c2-c2ccccn2)cc1. The topological polar surface area (TPSA) is 22.1 Å². The predicted molar refractivity (Wildman–Crippen MR) is 86.4 cm³/mol. The van der Waals surface area contributed by atoms with E-state index in [4.69, 9.17) is 4.74 Å². The van der Waals surface area contributed by atoms with E-state index in [1.54, 1.807) is 7.11 Å². The standard InChI is InChI=1S/C19H17NO/c1-14-6-5-7-17(15-9-11-16(21-2)12-10-15)19(14)18-8-3-4-13-20-18/h3-13H,1-2H3. The Balaban J connectivity index is 2.16. The maximum Gasteiger partial charge on any atom is 0.118 e. The van der Waals surface area contributed by atoms with Gasteiger partial charge >= 0.3 is 0 Å². The van der Waals surface area contributed by atoms with Crippen molar-refractivity contribution in [2.24, 2.45) is 0 Å². The Morgan fingerprint density at radius 3 is 2.33 bits per heavy atom. The van der Waals surface area contributed by atoms with Crippen LogP contribution in [0.1, 0.15) is 5.56 Å². The van der Waals surface area contributed by atoms with E-state index in [9.17, 15) is 0 Å². The molecule has 3 aromatic rings. The van der Waals surface area contributed by atoms with E-state index in [2.05, 4.69) is 48.3 Å². The molecule has 0 aliphatic rings. The van der Waals surface area contributed by atoms with Crippen LogP contribution in [-0.2, 0) is 0 Å². The quantitative estimate of drug-likeness (QED) is 0.689. The van der Waals surface area contributed by atoms with E-state index < -0.39 is 0 Å². The van der Waals surface area contributed by atoms with Crippen molar-refractivity contribution < 1.29 is 4.74 Å². The summed E-state index contributed by atoms with van der Waals surface area (Å²) < 4.78 is 5.23. The zero-order chi connectivity index (χ0) is 14.7. The third-order valence-electron chi connectivity index (χ3n) is 3.59. The average Bonchev–Trinajstić information content (AvgIpc) is 2.55. The lowest BCUT2D eigenvalue weighted by Crippen LogP contribution is -1.91. The summed E-state index contributed by atoms with van der Waals surface area (Å²) in [7, 11) is 1.68. The Hall–Kier alpha value is -2.61. The van der Waals surface area contributed by atoms with Crippen molar-refractivity contribution >= 4 is 0 Å². The van der Waals surface area contributed by atoms with Gasteiger partial charge in [-0.25, -0.2) is 0 Å². The molecule has 0 N–H and O–H groups in total. The molecule has 1 aromatic heterocycles. The summed E-state index contributed by atoms with van der Waals surface area (Å²) in [5, 5.41) is 0. The highest BCUT2D eigenvalue weighted by atomic mass is 16.5. The first-order valence-corrected chi connectivity index (χ1v) is 6.95. The molecule has 0 fully saturated rings. The molecular weight excluding hydrogens is 258 g/mol. The van der Waals surface area contributed by atoms with Crippen molar-refractivity contribution in [1.29, 1.82) is 0 Å².